The van der Waals surface area contributed by atoms with Crippen LogP contribution in [-0.2, 0) is 17.8 Å². The van der Waals surface area contributed by atoms with Gasteiger partial charge in [-0.3, -0.25) is 9.89 Å². The molecule has 1 aromatic carbocycles. The summed E-state index contributed by atoms with van der Waals surface area (Å²) >= 11 is 0. The summed E-state index contributed by atoms with van der Waals surface area (Å²) in [6.07, 6.45) is 1.25. The van der Waals surface area contributed by atoms with E-state index in [4.69, 9.17) is 5.73 Å². The molecule has 2 aromatic rings. The van der Waals surface area contributed by atoms with Crippen LogP contribution in [0.4, 0.5) is 14.6 Å². The van der Waals surface area contributed by atoms with E-state index in [2.05, 4.69) is 15.5 Å². The summed E-state index contributed by atoms with van der Waals surface area (Å²) in [6, 6.07) is 3.72. The van der Waals surface area contributed by atoms with E-state index in [1.165, 1.54) is 18.3 Å². The van der Waals surface area contributed by atoms with Crippen LogP contribution in [0.5, 0.6) is 0 Å². The predicted octanol–water partition coefficient (Wildman–Crippen LogP) is 1.13. The third kappa shape index (κ3) is 3.06. The van der Waals surface area contributed by atoms with Crippen molar-refractivity contribution in [1.82, 2.24) is 15.5 Å². The number of halogens is 2. The molecule has 0 aliphatic rings. The van der Waals surface area contributed by atoms with Gasteiger partial charge in [-0.05, 0) is 6.07 Å². The lowest BCUT2D eigenvalue weighted by molar-refractivity contribution is -0.120. The molecule has 100 valence electrons. The third-order valence-corrected chi connectivity index (χ3v) is 2.61. The van der Waals surface area contributed by atoms with Crippen molar-refractivity contribution in [2.75, 3.05) is 5.73 Å². The number of nitrogens with two attached hydrogens (primary N) is 1. The number of nitrogen functional groups attached to an aromatic ring is 1. The Bertz CT molecular complexity index is 597. The minimum Gasteiger partial charge on any atom is -0.384 e. The van der Waals surface area contributed by atoms with Gasteiger partial charge in [0.25, 0.3) is 0 Å². The number of aromatic nitrogens is 2. The monoisotopic (exact) mass is 266 g/mol. The van der Waals surface area contributed by atoms with Crippen LogP contribution < -0.4 is 11.1 Å². The second-order valence-corrected chi connectivity index (χ2v) is 3.98. The van der Waals surface area contributed by atoms with Crippen LogP contribution in [-0.4, -0.2) is 16.1 Å². The molecule has 2 rings (SSSR count). The number of hydrogen-bond donors (Lipinski definition) is 3. The molecule has 7 heteroatoms. The summed E-state index contributed by atoms with van der Waals surface area (Å²) in [6.45, 7) is 0.179. The summed E-state index contributed by atoms with van der Waals surface area (Å²) in [7, 11) is 0. The van der Waals surface area contributed by atoms with Crippen molar-refractivity contribution >= 4 is 11.7 Å². The van der Waals surface area contributed by atoms with Crippen molar-refractivity contribution in [1.29, 1.82) is 0 Å². The molecule has 0 bridgehead atoms. The molecule has 5 nitrogen and oxygen atoms in total. The van der Waals surface area contributed by atoms with Gasteiger partial charge in [0.1, 0.15) is 5.82 Å². The van der Waals surface area contributed by atoms with Crippen molar-refractivity contribution in [3.8, 4) is 0 Å². The molecule has 0 fully saturated rings. The first kappa shape index (κ1) is 13.0. The normalized spacial score (nSPS) is 10.4. The second kappa shape index (κ2) is 5.47. The van der Waals surface area contributed by atoms with Crippen molar-refractivity contribution in [3.05, 3.63) is 47.2 Å². The summed E-state index contributed by atoms with van der Waals surface area (Å²) in [5.41, 5.74) is 6.19. The van der Waals surface area contributed by atoms with E-state index in [1.807, 2.05) is 0 Å². The Labute approximate surface area is 107 Å². The highest BCUT2D eigenvalue weighted by molar-refractivity contribution is 5.78. The number of H-pyrrole nitrogens is 1. The number of anilines is 1. The van der Waals surface area contributed by atoms with Gasteiger partial charge in [-0.15, -0.1) is 0 Å². The summed E-state index contributed by atoms with van der Waals surface area (Å²) in [5, 5.41) is 8.78. The zero-order valence-electron chi connectivity index (χ0n) is 9.91. The van der Waals surface area contributed by atoms with Gasteiger partial charge in [0.15, 0.2) is 11.6 Å². The fraction of sp³-hybridized carbons (Fsp3) is 0.167. The Kier molecular flexibility index (Phi) is 3.74. The van der Waals surface area contributed by atoms with Gasteiger partial charge in [-0.2, -0.15) is 5.10 Å². The average Bonchev–Trinajstić information content (AvgIpc) is 2.78. The molecule has 0 atom stereocenters. The molecular formula is C12H12F2N4O. The Morgan fingerprint density at radius 3 is 2.84 bits per heavy atom. The Balaban J connectivity index is 1.95. The highest BCUT2D eigenvalue weighted by Crippen LogP contribution is 2.12. The lowest BCUT2D eigenvalue weighted by atomic mass is 10.1. The fourth-order valence-electron chi connectivity index (χ4n) is 1.58. The molecule has 0 saturated heterocycles. The van der Waals surface area contributed by atoms with Crippen LogP contribution in [0.2, 0.25) is 0 Å². The quantitative estimate of drug-likeness (QED) is 0.775. The molecule has 0 spiro atoms. The molecule has 4 N–H and O–H groups in total. The molecule has 1 heterocycles. The van der Waals surface area contributed by atoms with Gasteiger partial charge in [-0.1, -0.05) is 12.1 Å². The fourth-order valence-corrected chi connectivity index (χ4v) is 1.58. The maximum atomic E-state index is 13.3. The average molecular weight is 266 g/mol. The SMILES string of the molecule is Nc1[nH]ncc1CNC(=O)Cc1cccc(F)c1F. The van der Waals surface area contributed by atoms with E-state index in [0.717, 1.165) is 6.07 Å². The maximum Gasteiger partial charge on any atom is 0.224 e. The number of rotatable bonds is 4. The van der Waals surface area contributed by atoms with E-state index in [1.54, 1.807) is 0 Å². The van der Waals surface area contributed by atoms with Gasteiger partial charge in [0, 0.05) is 17.7 Å². The largest absolute Gasteiger partial charge is 0.384 e. The number of benzene rings is 1. The van der Waals surface area contributed by atoms with E-state index < -0.39 is 17.5 Å². The molecule has 0 saturated carbocycles. The number of carbonyl (C=O) groups excluding carboxylic acids is 1. The highest BCUT2D eigenvalue weighted by Gasteiger charge is 2.12. The third-order valence-electron chi connectivity index (χ3n) is 2.61. The second-order valence-electron chi connectivity index (χ2n) is 3.98. The van der Waals surface area contributed by atoms with Crippen molar-refractivity contribution in [2.45, 2.75) is 13.0 Å². The smallest absolute Gasteiger partial charge is 0.224 e. The zero-order chi connectivity index (χ0) is 13.8. The molecule has 0 aliphatic carbocycles. The number of aromatic amines is 1. The number of hydrogen-bond acceptors (Lipinski definition) is 3. The Morgan fingerprint density at radius 2 is 2.16 bits per heavy atom. The van der Waals surface area contributed by atoms with Crippen molar-refractivity contribution in [3.63, 3.8) is 0 Å². The molecule has 0 unspecified atom stereocenters. The topological polar surface area (TPSA) is 83.8 Å². The zero-order valence-corrected chi connectivity index (χ0v) is 9.91. The summed E-state index contributed by atoms with van der Waals surface area (Å²) < 4.78 is 26.3. The summed E-state index contributed by atoms with van der Waals surface area (Å²) in [4.78, 5) is 11.6. The van der Waals surface area contributed by atoms with Gasteiger partial charge in [-0.25, -0.2) is 8.78 Å². The van der Waals surface area contributed by atoms with Crippen LogP contribution in [0.3, 0.4) is 0 Å². The van der Waals surface area contributed by atoms with E-state index >= 15 is 0 Å². The molecule has 0 radical (unpaired) electrons. The maximum absolute atomic E-state index is 13.3. The molecule has 0 aliphatic heterocycles. The Morgan fingerprint density at radius 1 is 1.37 bits per heavy atom. The predicted molar refractivity (Wildman–Crippen MR) is 64.9 cm³/mol. The molecule has 1 aromatic heterocycles. The molecular weight excluding hydrogens is 254 g/mol. The van der Waals surface area contributed by atoms with Crippen LogP contribution >= 0.6 is 0 Å². The van der Waals surface area contributed by atoms with Gasteiger partial charge in [0.05, 0.1) is 12.6 Å². The number of amides is 1. The molecule has 1 amide bonds. The first-order chi connectivity index (χ1) is 9.08. The van der Waals surface area contributed by atoms with Gasteiger partial charge >= 0.3 is 0 Å². The number of nitrogens with one attached hydrogen (secondary N) is 2. The van der Waals surface area contributed by atoms with E-state index in [0.29, 0.717) is 11.4 Å². The molecule has 19 heavy (non-hydrogen) atoms. The van der Waals surface area contributed by atoms with E-state index in [9.17, 15) is 13.6 Å². The lowest BCUT2D eigenvalue weighted by Gasteiger charge is -2.05. The number of nitrogens with zero attached hydrogens (tertiary/aromatic N) is 1. The van der Waals surface area contributed by atoms with Crippen molar-refractivity contribution in [2.24, 2.45) is 0 Å². The number of carbonyl (C=O) groups is 1. The van der Waals surface area contributed by atoms with Crippen LogP contribution in [0.1, 0.15) is 11.1 Å². The minimum absolute atomic E-state index is 0.0117. The highest BCUT2D eigenvalue weighted by atomic mass is 19.2. The van der Waals surface area contributed by atoms with Crippen LogP contribution in [0.15, 0.2) is 24.4 Å². The first-order valence-electron chi connectivity index (χ1n) is 5.55. The standard InChI is InChI=1S/C12H12F2N4O/c13-9-3-1-2-7(11(9)14)4-10(19)16-5-8-6-17-18-12(8)15/h1-3,6H,4-5H2,(H,16,19)(H3,15,17,18). The minimum atomic E-state index is -1.000. The van der Waals surface area contributed by atoms with Gasteiger partial charge < -0.3 is 11.1 Å². The Hall–Kier alpha value is -2.44. The lowest BCUT2D eigenvalue weighted by Crippen LogP contribution is -2.25. The summed E-state index contributed by atoms with van der Waals surface area (Å²) in [5.74, 6) is -2.04. The first-order valence-corrected chi connectivity index (χ1v) is 5.55. The van der Waals surface area contributed by atoms with Crippen molar-refractivity contribution < 1.29 is 13.6 Å². The van der Waals surface area contributed by atoms with Crippen LogP contribution in [0, 0.1) is 11.6 Å². The van der Waals surface area contributed by atoms with Gasteiger partial charge in [0.2, 0.25) is 5.91 Å². The van der Waals surface area contributed by atoms with Crippen LogP contribution in [0.25, 0.3) is 0 Å². The van der Waals surface area contributed by atoms with E-state index in [-0.39, 0.29) is 18.5 Å².